The van der Waals surface area contributed by atoms with Crippen LogP contribution in [-0.4, -0.2) is 42.1 Å². The number of methoxy groups -OCH3 is 1. The van der Waals surface area contributed by atoms with Crippen LogP contribution >= 0.6 is 11.8 Å². The summed E-state index contributed by atoms with van der Waals surface area (Å²) in [4.78, 5) is 13.3. The summed E-state index contributed by atoms with van der Waals surface area (Å²) in [6.45, 7) is 1.48. The van der Waals surface area contributed by atoms with Crippen molar-refractivity contribution in [3.63, 3.8) is 0 Å². The van der Waals surface area contributed by atoms with Gasteiger partial charge in [-0.05, 0) is 66.8 Å². The van der Waals surface area contributed by atoms with Crippen LogP contribution in [0.2, 0.25) is 0 Å². The zero-order valence-corrected chi connectivity index (χ0v) is 18.9. The van der Waals surface area contributed by atoms with Crippen LogP contribution in [0.15, 0.2) is 71.5 Å². The zero-order valence-electron chi connectivity index (χ0n) is 18.1. The smallest absolute Gasteiger partial charge is 0.496 e. The largest absolute Gasteiger partial charge is 0.511 e. The summed E-state index contributed by atoms with van der Waals surface area (Å²) in [7, 11) is 1.67. The van der Waals surface area contributed by atoms with Gasteiger partial charge >= 0.3 is 6.16 Å². The summed E-state index contributed by atoms with van der Waals surface area (Å²) in [6.07, 6.45) is 5.82. The summed E-state index contributed by atoms with van der Waals surface area (Å²) < 4.78 is 23.6. The molecule has 1 aliphatic heterocycles. The number of para-hydroxylation sites is 1. The van der Waals surface area contributed by atoms with Gasteiger partial charge in [-0.1, -0.05) is 36.4 Å². The number of benzene rings is 2. The Morgan fingerprint density at radius 2 is 1.91 bits per heavy atom. The van der Waals surface area contributed by atoms with E-state index in [1.165, 1.54) is 12.1 Å². The van der Waals surface area contributed by atoms with E-state index < -0.39 is 6.16 Å². The minimum absolute atomic E-state index is 0.235. The van der Waals surface area contributed by atoms with E-state index >= 15 is 0 Å². The predicted octanol–water partition coefficient (Wildman–Crippen LogP) is 5.87. The van der Waals surface area contributed by atoms with Gasteiger partial charge in [0.1, 0.15) is 16.6 Å². The van der Waals surface area contributed by atoms with Crippen molar-refractivity contribution >= 4 is 17.9 Å². The fourth-order valence-corrected chi connectivity index (χ4v) is 4.67. The molecule has 32 heavy (non-hydrogen) atoms. The number of thioether (sulfide) groups is 1. The maximum absolute atomic E-state index is 13.1. The zero-order chi connectivity index (χ0) is 22.8. The highest BCUT2D eigenvalue weighted by Crippen LogP contribution is 2.30. The number of aryl methyl sites for hydroxylation is 2. The van der Waals surface area contributed by atoms with E-state index in [2.05, 4.69) is 11.0 Å². The van der Waals surface area contributed by atoms with Gasteiger partial charge in [0.15, 0.2) is 5.76 Å². The molecule has 0 bridgehead atoms. The van der Waals surface area contributed by atoms with E-state index in [0.717, 1.165) is 59.9 Å². The molecule has 0 atom stereocenters. The summed E-state index contributed by atoms with van der Waals surface area (Å²) in [5.74, 6) is 1.82. The van der Waals surface area contributed by atoms with Crippen molar-refractivity contribution in [2.45, 2.75) is 25.7 Å². The molecule has 0 saturated heterocycles. The molecule has 1 aliphatic rings. The van der Waals surface area contributed by atoms with E-state index in [1.807, 2.05) is 24.3 Å². The minimum atomic E-state index is -1.31. The third-order valence-electron chi connectivity index (χ3n) is 5.12. The summed E-state index contributed by atoms with van der Waals surface area (Å²) in [5.41, 5.74) is 2.24. The lowest BCUT2D eigenvalue weighted by Crippen LogP contribution is -2.28. The van der Waals surface area contributed by atoms with Gasteiger partial charge in [-0.15, -0.1) is 11.8 Å². The Labute approximate surface area is 192 Å². The normalized spacial score (nSPS) is 13.4. The molecule has 0 aromatic heterocycles. The molecule has 7 heteroatoms. The average Bonchev–Trinajstić information content (AvgIpc) is 2.79. The lowest BCUT2D eigenvalue weighted by molar-refractivity contribution is 0.119. The molecule has 3 rings (SSSR count). The van der Waals surface area contributed by atoms with Crippen LogP contribution in [-0.2, 0) is 17.6 Å². The van der Waals surface area contributed by atoms with E-state index in [4.69, 9.17) is 14.6 Å². The number of rotatable bonds is 11. The van der Waals surface area contributed by atoms with Gasteiger partial charge in [-0.25, -0.2) is 9.18 Å². The van der Waals surface area contributed by atoms with E-state index in [9.17, 15) is 9.18 Å². The number of halogens is 1. The van der Waals surface area contributed by atoms with Crippen molar-refractivity contribution in [2.75, 3.05) is 26.0 Å². The number of carbonyl (C=O) groups is 1. The van der Waals surface area contributed by atoms with Crippen LogP contribution in [0.25, 0.3) is 0 Å². The molecule has 1 N–H and O–H groups in total. The van der Waals surface area contributed by atoms with Crippen molar-refractivity contribution in [3.05, 3.63) is 88.4 Å². The second kappa shape index (κ2) is 12.2. The molecule has 0 aliphatic carbocycles. The highest BCUT2D eigenvalue weighted by molar-refractivity contribution is 8.03. The Morgan fingerprint density at radius 3 is 2.66 bits per heavy atom. The molecule has 5 nitrogen and oxygen atoms in total. The SMILES string of the molecule is COc1ccccc1CCCN1CC=CC(OC(=O)O)=C1SCCCc1ccc(F)cc1. The Kier molecular flexibility index (Phi) is 9.04. The molecule has 0 saturated carbocycles. The first kappa shape index (κ1) is 23.7. The van der Waals surface area contributed by atoms with E-state index in [-0.39, 0.29) is 5.82 Å². The topological polar surface area (TPSA) is 59.0 Å². The molecule has 0 amide bonds. The van der Waals surface area contributed by atoms with Gasteiger partial charge in [0.25, 0.3) is 0 Å². The second-order valence-corrected chi connectivity index (χ2v) is 8.46. The first-order valence-electron chi connectivity index (χ1n) is 10.6. The number of allylic oxidation sites excluding steroid dienone is 1. The van der Waals surface area contributed by atoms with Gasteiger partial charge in [0, 0.05) is 13.1 Å². The lowest BCUT2D eigenvalue weighted by Gasteiger charge is -2.29. The van der Waals surface area contributed by atoms with Gasteiger partial charge in [0.05, 0.1) is 7.11 Å². The highest BCUT2D eigenvalue weighted by atomic mass is 32.2. The summed E-state index contributed by atoms with van der Waals surface area (Å²) >= 11 is 1.60. The van der Waals surface area contributed by atoms with Gasteiger partial charge < -0.3 is 19.5 Å². The molecule has 2 aromatic carbocycles. The van der Waals surface area contributed by atoms with Crippen LogP contribution < -0.4 is 4.74 Å². The molecule has 0 unspecified atom stereocenters. The van der Waals surface area contributed by atoms with Crippen molar-refractivity contribution in [1.29, 1.82) is 0 Å². The first-order valence-corrected chi connectivity index (χ1v) is 11.6. The molecule has 170 valence electrons. The van der Waals surface area contributed by atoms with Gasteiger partial charge in [-0.3, -0.25) is 0 Å². The minimum Gasteiger partial charge on any atom is -0.496 e. The van der Waals surface area contributed by atoms with Gasteiger partial charge in [0.2, 0.25) is 0 Å². The molecule has 2 aromatic rings. The summed E-state index contributed by atoms with van der Waals surface area (Å²) in [5, 5.41) is 9.97. The molecular formula is C25H28FNO4S. The van der Waals surface area contributed by atoms with E-state index in [0.29, 0.717) is 12.3 Å². The highest BCUT2D eigenvalue weighted by Gasteiger charge is 2.20. The van der Waals surface area contributed by atoms with Crippen molar-refractivity contribution < 1.29 is 23.8 Å². The van der Waals surface area contributed by atoms with Crippen LogP contribution in [0.3, 0.4) is 0 Å². The third-order valence-corrected chi connectivity index (χ3v) is 6.34. The molecule has 1 heterocycles. The van der Waals surface area contributed by atoms with E-state index in [1.54, 1.807) is 37.1 Å². The van der Waals surface area contributed by atoms with Crippen LogP contribution in [0.4, 0.5) is 9.18 Å². The van der Waals surface area contributed by atoms with Crippen molar-refractivity contribution in [3.8, 4) is 5.75 Å². The Balaban J connectivity index is 1.59. The quantitative estimate of drug-likeness (QED) is 0.336. The van der Waals surface area contributed by atoms with Crippen LogP contribution in [0, 0.1) is 5.82 Å². The lowest BCUT2D eigenvalue weighted by atomic mass is 10.1. The standard InChI is InChI=1S/C25H28FNO4S/c1-30-22-10-3-2-8-20(22)9-4-16-27-17-5-11-23(31-25(28)29)24(27)32-18-6-7-19-12-14-21(26)15-13-19/h2-3,5,8,10-15H,4,6-7,9,16-18H2,1H3,(H,28,29). The van der Waals surface area contributed by atoms with Gasteiger partial charge in [-0.2, -0.15) is 0 Å². The number of hydrogen-bond acceptors (Lipinski definition) is 5. The Hall–Kier alpha value is -2.93. The Morgan fingerprint density at radius 1 is 1.12 bits per heavy atom. The number of ether oxygens (including phenoxy) is 2. The number of carboxylic acid groups (broad SMARTS) is 1. The summed E-state index contributed by atoms with van der Waals surface area (Å²) in [6, 6.07) is 14.5. The molecular weight excluding hydrogens is 429 g/mol. The monoisotopic (exact) mass is 457 g/mol. The maximum atomic E-state index is 13.1. The molecule has 0 radical (unpaired) electrons. The second-order valence-electron chi connectivity index (χ2n) is 7.38. The third kappa shape index (κ3) is 7.05. The number of hydrogen-bond donors (Lipinski definition) is 1. The first-order chi connectivity index (χ1) is 15.6. The van der Waals surface area contributed by atoms with Crippen LogP contribution in [0.1, 0.15) is 24.0 Å². The molecule has 0 spiro atoms. The predicted molar refractivity (Wildman–Crippen MR) is 125 cm³/mol. The fraction of sp³-hybridized carbons (Fsp3) is 0.320. The fourth-order valence-electron chi connectivity index (χ4n) is 3.59. The van der Waals surface area contributed by atoms with Crippen molar-refractivity contribution in [1.82, 2.24) is 4.90 Å². The molecule has 0 fully saturated rings. The number of nitrogens with zero attached hydrogens (tertiary/aromatic N) is 1. The maximum Gasteiger partial charge on any atom is 0.511 e. The average molecular weight is 458 g/mol. The van der Waals surface area contributed by atoms with Crippen molar-refractivity contribution in [2.24, 2.45) is 0 Å². The van der Waals surface area contributed by atoms with Crippen LogP contribution in [0.5, 0.6) is 5.75 Å². The Bertz CT molecular complexity index is 959.